The van der Waals surface area contributed by atoms with Crippen molar-refractivity contribution in [2.75, 3.05) is 25.4 Å². The van der Waals surface area contributed by atoms with E-state index in [0.29, 0.717) is 42.6 Å². The summed E-state index contributed by atoms with van der Waals surface area (Å²) >= 11 is 0. The lowest BCUT2D eigenvalue weighted by Crippen LogP contribution is -2.40. The predicted molar refractivity (Wildman–Crippen MR) is 143 cm³/mol. The third kappa shape index (κ3) is 7.75. The molecule has 0 radical (unpaired) electrons. The van der Waals surface area contributed by atoms with Gasteiger partial charge in [0.15, 0.2) is 17.3 Å². The number of rotatable bonds is 6. The van der Waals surface area contributed by atoms with Gasteiger partial charge < -0.3 is 20.7 Å². The Bertz CT molecular complexity index is 1370. The molecule has 1 aliphatic heterocycles. The Hall–Kier alpha value is -3.53. The van der Waals surface area contributed by atoms with Gasteiger partial charge in [-0.2, -0.15) is 18.3 Å². The number of nitrogens with zero attached hydrogens (tertiary/aromatic N) is 4. The van der Waals surface area contributed by atoms with Crippen LogP contribution < -0.4 is 10.5 Å². The van der Waals surface area contributed by atoms with Crippen LogP contribution in [0.2, 0.25) is 0 Å². The molecule has 1 fully saturated rings. The van der Waals surface area contributed by atoms with Crippen molar-refractivity contribution in [1.82, 2.24) is 19.7 Å². The molecule has 8 nitrogen and oxygen atoms in total. The van der Waals surface area contributed by atoms with E-state index in [1.54, 1.807) is 61.3 Å². The standard InChI is InChI=1S/C27H31BF3N5O3/c1-25(2,37)9-6-18-4-3-5-21(12-18)27(28,38)39-23-13-19(14-33-24(23)32)20-15-34-36(16-20)22-7-10-35(11-8-22)17-26(29,30)31/h3-5,12-16,22,37-38H,7-8,10-11,17,28H2,1-2H3,(H2,32,33). The van der Waals surface area contributed by atoms with Crippen molar-refractivity contribution in [2.45, 2.75) is 50.2 Å². The van der Waals surface area contributed by atoms with Crippen LogP contribution in [-0.2, 0) is 5.69 Å². The van der Waals surface area contributed by atoms with E-state index in [9.17, 15) is 23.4 Å². The van der Waals surface area contributed by atoms with Gasteiger partial charge in [-0.1, -0.05) is 24.0 Å². The number of ether oxygens (including phenoxy) is 1. The van der Waals surface area contributed by atoms with Crippen LogP contribution in [0.15, 0.2) is 48.9 Å². The van der Waals surface area contributed by atoms with Crippen molar-refractivity contribution in [2.24, 2.45) is 0 Å². The van der Waals surface area contributed by atoms with Gasteiger partial charge in [-0.25, -0.2) is 4.98 Å². The number of nitrogens with two attached hydrogens (primary N) is 1. The molecular weight excluding hydrogens is 510 g/mol. The Morgan fingerprint density at radius 3 is 2.51 bits per heavy atom. The van der Waals surface area contributed by atoms with E-state index in [4.69, 9.17) is 10.5 Å². The van der Waals surface area contributed by atoms with Crippen LogP contribution in [0.4, 0.5) is 19.0 Å². The molecule has 1 unspecified atom stereocenters. The smallest absolute Gasteiger partial charge is 0.401 e. The van der Waals surface area contributed by atoms with Crippen LogP contribution in [0.25, 0.3) is 11.1 Å². The molecule has 1 aliphatic rings. The maximum atomic E-state index is 12.7. The molecule has 0 spiro atoms. The van der Waals surface area contributed by atoms with Crippen LogP contribution in [0.3, 0.4) is 0 Å². The Labute approximate surface area is 226 Å². The van der Waals surface area contributed by atoms with Crippen molar-refractivity contribution < 1.29 is 28.1 Å². The summed E-state index contributed by atoms with van der Waals surface area (Å²) in [5.41, 5.74) is 5.53. The summed E-state index contributed by atoms with van der Waals surface area (Å²) in [6, 6.07) is 8.48. The second kappa shape index (κ2) is 10.9. The Morgan fingerprint density at radius 1 is 1.13 bits per heavy atom. The van der Waals surface area contributed by atoms with Crippen LogP contribution in [0.1, 0.15) is 43.9 Å². The number of nitrogen functional groups attached to an aromatic ring is 1. The minimum atomic E-state index is -4.20. The molecule has 39 heavy (non-hydrogen) atoms. The molecule has 12 heteroatoms. The van der Waals surface area contributed by atoms with E-state index < -0.39 is 24.0 Å². The maximum absolute atomic E-state index is 12.7. The molecule has 3 aromatic rings. The molecular formula is C27H31BF3N5O3. The summed E-state index contributed by atoms with van der Waals surface area (Å²) in [7, 11) is 1.48. The highest BCUT2D eigenvalue weighted by atomic mass is 19.4. The zero-order chi connectivity index (χ0) is 28.4. The molecule has 1 saturated heterocycles. The van der Waals surface area contributed by atoms with Gasteiger partial charge in [-0.3, -0.25) is 9.58 Å². The molecule has 2 aromatic heterocycles. The van der Waals surface area contributed by atoms with E-state index in [1.165, 1.54) is 12.7 Å². The molecule has 0 aliphatic carbocycles. The molecule has 0 amide bonds. The van der Waals surface area contributed by atoms with Crippen molar-refractivity contribution in [3.63, 3.8) is 0 Å². The van der Waals surface area contributed by atoms with E-state index in [1.807, 2.05) is 6.20 Å². The van der Waals surface area contributed by atoms with Crippen LogP contribution >= 0.6 is 0 Å². The summed E-state index contributed by atoms with van der Waals surface area (Å²) in [5.74, 6) is 5.86. The third-order valence-electron chi connectivity index (χ3n) is 6.37. The minimum absolute atomic E-state index is 0.00628. The molecule has 1 aromatic carbocycles. The van der Waals surface area contributed by atoms with Crippen LogP contribution in [0, 0.1) is 11.8 Å². The van der Waals surface area contributed by atoms with E-state index in [2.05, 4.69) is 21.9 Å². The van der Waals surface area contributed by atoms with Crippen molar-refractivity contribution >= 4 is 13.7 Å². The average molecular weight is 541 g/mol. The number of alkyl halides is 3. The number of aliphatic hydroxyl groups is 2. The summed E-state index contributed by atoms with van der Waals surface area (Å²) in [6.07, 6.45) is 1.97. The van der Waals surface area contributed by atoms with Gasteiger partial charge in [0, 0.05) is 47.7 Å². The quantitative estimate of drug-likeness (QED) is 0.250. The number of hydrogen-bond donors (Lipinski definition) is 3. The first-order valence-electron chi connectivity index (χ1n) is 12.6. The predicted octanol–water partition coefficient (Wildman–Crippen LogP) is 2.66. The summed E-state index contributed by atoms with van der Waals surface area (Å²) in [5, 5.41) is 25.4. The lowest BCUT2D eigenvalue weighted by Gasteiger charge is -2.32. The van der Waals surface area contributed by atoms with Gasteiger partial charge in [-0.15, -0.1) is 0 Å². The second-order valence-corrected chi connectivity index (χ2v) is 10.4. The number of pyridine rings is 1. The molecule has 1 atom stereocenters. The van der Waals surface area contributed by atoms with Gasteiger partial charge >= 0.3 is 6.18 Å². The van der Waals surface area contributed by atoms with E-state index >= 15 is 0 Å². The molecule has 4 rings (SSSR count). The molecule has 3 heterocycles. The molecule has 206 valence electrons. The average Bonchev–Trinajstić information content (AvgIpc) is 3.34. The summed E-state index contributed by atoms with van der Waals surface area (Å²) in [4.78, 5) is 5.63. The number of likely N-dealkylation sites (tertiary alicyclic amines) is 1. The fraction of sp³-hybridized carbons (Fsp3) is 0.407. The van der Waals surface area contributed by atoms with Gasteiger partial charge in [0.05, 0.1) is 18.8 Å². The molecule has 0 saturated carbocycles. The summed E-state index contributed by atoms with van der Waals surface area (Å²) in [6.45, 7) is 2.96. The number of aromatic nitrogens is 3. The zero-order valence-corrected chi connectivity index (χ0v) is 22.0. The topological polar surface area (TPSA) is 110 Å². The second-order valence-electron chi connectivity index (χ2n) is 10.4. The number of benzene rings is 1. The van der Waals surface area contributed by atoms with Gasteiger partial charge in [-0.05, 0) is 44.9 Å². The fourth-order valence-electron chi connectivity index (χ4n) is 4.36. The summed E-state index contributed by atoms with van der Waals surface area (Å²) < 4.78 is 45.7. The first-order chi connectivity index (χ1) is 18.2. The first kappa shape index (κ1) is 28.5. The highest BCUT2D eigenvalue weighted by Crippen LogP contribution is 2.33. The number of anilines is 1. The Morgan fingerprint density at radius 2 is 1.85 bits per heavy atom. The van der Waals surface area contributed by atoms with Crippen molar-refractivity contribution in [3.05, 3.63) is 60.0 Å². The number of piperidine rings is 1. The highest BCUT2D eigenvalue weighted by molar-refractivity contribution is 6.13. The number of halogens is 3. The normalized spacial score (nSPS) is 16.8. The minimum Gasteiger partial charge on any atom is -0.463 e. The Kier molecular flexibility index (Phi) is 7.98. The van der Waals surface area contributed by atoms with Crippen molar-refractivity contribution in [3.8, 4) is 28.7 Å². The van der Waals surface area contributed by atoms with E-state index in [-0.39, 0.29) is 17.6 Å². The zero-order valence-electron chi connectivity index (χ0n) is 22.0. The fourth-order valence-corrected chi connectivity index (χ4v) is 4.36. The molecule has 4 N–H and O–H groups in total. The highest BCUT2D eigenvalue weighted by Gasteiger charge is 2.33. The van der Waals surface area contributed by atoms with Crippen LogP contribution in [0.5, 0.6) is 5.75 Å². The Balaban J connectivity index is 1.48. The third-order valence-corrected chi connectivity index (χ3v) is 6.37. The largest absolute Gasteiger partial charge is 0.463 e. The monoisotopic (exact) mass is 541 g/mol. The SMILES string of the molecule is BC(O)(Oc1cc(-c2cnn(C3CCN(CC(F)(F)F)CC3)c2)cnc1N)c1cccc(C#CC(C)(C)O)c1. The number of hydrogen-bond acceptors (Lipinski definition) is 7. The van der Waals surface area contributed by atoms with Gasteiger partial charge in [0.2, 0.25) is 7.85 Å². The maximum Gasteiger partial charge on any atom is 0.401 e. The first-order valence-corrected chi connectivity index (χ1v) is 12.6. The van der Waals surface area contributed by atoms with Crippen LogP contribution in [-0.4, -0.2) is 69.1 Å². The molecule has 0 bridgehead atoms. The van der Waals surface area contributed by atoms with Gasteiger partial charge in [0.1, 0.15) is 5.60 Å². The lowest BCUT2D eigenvalue weighted by molar-refractivity contribution is -0.148. The van der Waals surface area contributed by atoms with Gasteiger partial charge in [0.25, 0.3) is 0 Å². The van der Waals surface area contributed by atoms with E-state index in [0.717, 1.165) is 5.56 Å². The lowest BCUT2D eigenvalue weighted by atomic mass is 9.86. The van der Waals surface area contributed by atoms with Crippen molar-refractivity contribution in [1.29, 1.82) is 0 Å².